The minimum Gasteiger partial charge on any atom is -0.382 e. The van der Waals surface area contributed by atoms with Crippen molar-refractivity contribution in [1.29, 1.82) is 0 Å². The van der Waals surface area contributed by atoms with Crippen LogP contribution in [0.5, 0.6) is 0 Å². The van der Waals surface area contributed by atoms with Crippen LogP contribution in [0.4, 0.5) is 10.9 Å². The van der Waals surface area contributed by atoms with Gasteiger partial charge in [-0.3, -0.25) is 4.79 Å². The molecule has 0 spiro atoms. The van der Waals surface area contributed by atoms with E-state index in [-0.39, 0.29) is 5.91 Å². The van der Waals surface area contributed by atoms with Crippen molar-refractivity contribution in [2.75, 3.05) is 42.3 Å². The van der Waals surface area contributed by atoms with Gasteiger partial charge < -0.3 is 16.0 Å². The van der Waals surface area contributed by atoms with E-state index in [0.717, 1.165) is 36.8 Å². The fourth-order valence-electron chi connectivity index (χ4n) is 1.77. The Morgan fingerprint density at radius 1 is 1.40 bits per heavy atom. The summed E-state index contributed by atoms with van der Waals surface area (Å²) in [6, 6.07) is 0. The van der Waals surface area contributed by atoms with E-state index in [9.17, 15) is 4.79 Å². The van der Waals surface area contributed by atoms with Gasteiger partial charge in [-0.2, -0.15) is 11.8 Å². The Morgan fingerprint density at radius 2 is 2.10 bits per heavy atom. The molecular weight excluding hydrogens is 292 g/mol. The number of aromatic nitrogens is 1. The number of hydrogen-bond acceptors (Lipinski definition) is 6. The van der Waals surface area contributed by atoms with E-state index in [1.54, 1.807) is 0 Å². The molecule has 1 amide bonds. The molecule has 0 aliphatic rings. The van der Waals surface area contributed by atoms with Gasteiger partial charge in [-0.15, -0.1) is 0 Å². The van der Waals surface area contributed by atoms with E-state index >= 15 is 0 Å². The highest BCUT2D eigenvalue weighted by Crippen LogP contribution is 2.27. The molecule has 0 aliphatic carbocycles. The molecule has 114 valence electrons. The molecule has 1 rings (SSSR count). The number of rotatable bonds is 9. The number of nitrogen functional groups attached to an aromatic ring is 1. The number of thioether (sulfide) groups is 1. The highest BCUT2D eigenvalue weighted by molar-refractivity contribution is 7.98. The van der Waals surface area contributed by atoms with E-state index in [0.29, 0.717) is 17.2 Å². The van der Waals surface area contributed by atoms with Crippen molar-refractivity contribution < 1.29 is 4.79 Å². The van der Waals surface area contributed by atoms with Gasteiger partial charge in [0.25, 0.3) is 5.91 Å². The quantitative estimate of drug-likeness (QED) is 0.685. The number of carbonyl (C=O) groups is 1. The van der Waals surface area contributed by atoms with Gasteiger partial charge in [0.15, 0.2) is 5.13 Å². The average Bonchev–Trinajstić information content (AvgIpc) is 2.82. The summed E-state index contributed by atoms with van der Waals surface area (Å²) < 4.78 is 0. The molecule has 0 atom stereocenters. The topological polar surface area (TPSA) is 71.2 Å². The van der Waals surface area contributed by atoms with Crippen LogP contribution in [0.25, 0.3) is 0 Å². The van der Waals surface area contributed by atoms with Crippen molar-refractivity contribution in [3.63, 3.8) is 0 Å². The number of carbonyl (C=O) groups excluding carboxylic acids is 1. The van der Waals surface area contributed by atoms with Crippen LogP contribution in [-0.2, 0) is 0 Å². The van der Waals surface area contributed by atoms with E-state index in [1.165, 1.54) is 11.3 Å². The zero-order chi connectivity index (χ0) is 15.0. The van der Waals surface area contributed by atoms with Crippen LogP contribution in [0, 0.1) is 0 Å². The van der Waals surface area contributed by atoms with Gasteiger partial charge in [0.2, 0.25) is 0 Å². The molecule has 0 bridgehead atoms. The monoisotopic (exact) mass is 316 g/mol. The largest absolute Gasteiger partial charge is 0.382 e. The molecule has 7 heteroatoms. The lowest BCUT2D eigenvalue weighted by molar-refractivity contribution is 0.0958. The number of nitrogens with one attached hydrogen (secondary N) is 1. The molecule has 0 saturated carbocycles. The number of nitrogens with two attached hydrogens (primary N) is 1. The number of nitrogens with zero attached hydrogens (tertiary/aromatic N) is 2. The van der Waals surface area contributed by atoms with Crippen LogP contribution in [0.3, 0.4) is 0 Å². The molecule has 0 saturated heterocycles. The third kappa shape index (κ3) is 4.86. The predicted molar refractivity (Wildman–Crippen MR) is 90.0 cm³/mol. The first-order valence-corrected chi connectivity index (χ1v) is 9.13. The van der Waals surface area contributed by atoms with Crippen molar-refractivity contribution in [3.05, 3.63) is 4.88 Å². The van der Waals surface area contributed by atoms with Crippen LogP contribution >= 0.6 is 23.1 Å². The Kier molecular flexibility index (Phi) is 7.76. The summed E-state index contributed by atoms with van der Waals surface area (Å²) in [7, 11) is 0. The second-order valence-corrected chi connectivity index (χ2v) is 6.30. The number of hydrogen-bond donors (Lipinski definition) is 2. The third-order valence-corrected chi connectivity index (χ3v) is 4.77. The van der Waals surface area contributed by atoms with Crippen molar-refractivity contribution in [3.8, 4) is 0 Å². The van der Waals surface area contributed by atoms with Crippen LogP contribution in [0.15, 0.2) is 0 Å². The molecule has 0 aromatic carbocycles. The number of anilines is 2. The Bertz CT molecular complexity index is 419. The molecule has 0 unspecified atom stereocenters. The van der Waals surface area contributed by atoms with E-state index in [1.807, 2.05) is 11.8 Å². The Labute approximate surface area is 129 Å². The second kappa shape index (κ2) is 9.07. The van der Waals surface area contributed by atoms with E-state index in [4.69, 9.17) is 5.73 Å². The molecule has 20 heavy (non-hydrogen) atoms. The fourth-order valence-corrected chi connectivity index (χ4v) is 3.29. The van der Waals surface area contributed by atoms with Crippen molar-refractivity contribution in [1.82, 2.24) is 10.3 Å². The van der Waals surface area contributed by atoms with Crippen LogP contribution in [-0.4, -0.2) is 42.5 Å². The summed E-state index contributed by atoms with van der Waals surface area (Å²) >= 11 is 3.19. The zero-order valence-corrected chi connectivity index (χ0v) is 14.1. The first-order chi connectivity index (χ1) is 9.63. The lowest BCUT2D eigenvalue weighted by Gasteiger charge is -2.16. The first-order valence-electron chi connectivity index (χ1n) is 6.92. The highest BCUT2D eigenvalue weighted by atomic mass is 32.2. The maximum atomic E-state index is 12.1. The lowest BCUT2D eigenvalue weighted by Crippen LogP contribution is -2.24. The Morgan fingerprint density at radius 3 is 2.70 bits per heavy atom. The van der Waals surface area contributed by atoms with Gasteiger partial charge in [-0.25, -0.2) is 4.98 Å². The van der Waals surface area contributed by atoms with Crippen LogP contribution in [0.2, 0.25) is 0 Å². The summed E-state index contributed by atoms with van der Waals surface area (Å²) in [6.45, 7) is 6.54. The molecule has 1 aromatic rings. The molecule has 0 radical (unpaired) electrons. The third-order valence-electron chi connectivity index (χ3n) is 2.94. The molecule has 0 aliphatic heterocycles. The van der Waals surface area contributed by atoms with Gasteiger partial charge >= 0.3 is 0 Å². The van der Waals surface area contributed by atoms with E-state index in [2.05, 4.69) is 35.3 Å². The minimum atomic E-state index is -0.109. The molecule has 0 fully saturated rings. The van der Waals surface area contributed by atoms with Gasteiger partial charge in [-0.05, 0) is 38.7 Å². The standard InChI is InChI=1S/C13H24N4OS2/c1-4-17(5-2)13-16-11(14)10(20-13)12(18)15-8-6-7-9-19-3/h4-9,14H2,1-3H3,(H,15,18). The maximum absolute atomic E-state index is 12.1. The average molecular weight is 316 g/mol. The Hall–Kier alpha value is -0.950. The fraction of sp³-hybridized carbons (Fsp3) is 0.692. The van der Waals surface area contributed by atoms with Crippen molar-refractivity contribution in [2.24, 2.45) is 0 Å². The first kappa shape index (κ1) is 17.1. The SMILES string of the molecule is CCN(CC)c1nc(N)c(C(=O)NCCCCSC)s1. The molecular formula is C13H24N4OS2. The summed E-state index contributed by atoms with van der Waals surface area (Å²) in [6.07, 6.45) is 4.20. The smallest absolute Gasteiger partial charge is 0.265 e. The summed E-state index contributed by atoms with van der Waals surface area (Å²) in [5, 5.41) is 3.73. The van der Waals surface area contributed by atoms with Gasteiger partial charge in [-0.1, -0.05) is 11.3 Å². The van der Waals surface area contributed by atoms with Crippen molar-refractivity contribution >= 4 is 40.0 Å². The number of amides is 1. The molecule has 1 aromatic heterocycles. The van der Waals surface area contributed by atoms with Crippen molar-refractivity contribution in [2.45, 2.75) is 26.7 Å². The summed E-state index contributed by atoms with van der Waals surface area (Å²) in [5.41, 5.74) is 5.85. The van der Waals surface area contributed by atoms with Gasteiger partial charge in [0.05, 0.1) is 0 Å². The normalized spacial score (nSPS) is 10.6. The maximum Gasteiger partial charge on any atom is 0.265 e. The molecule has 3 N–H and O–H groups in total. The van der Waals surface area contributed by atoms with E-state index < -0.39 is 0 Å². The predicted octanol–water partition coefficient (Wildman–Crippen LogP) is 2.44. The van der Waals surface area contributed by atoms with Crippen LogP contribution in [0.1, 0.15) is 36.4 Å². The van der Waals surface area contributed by atoms with Gasteiger partial charge in [0.1, 0.15) is 10.7 Å². The minimum absolute atomic E-state index is 0.109. The molecule has 1 heterocycles. The van der Waals surface area contributed by atoms with Gasteiger partial charge in [0, 0.05) is 19.6 Å². The summed E-state index contributed by atoms with van der Waals surface area (Å²) in [4.78, 5) is 19.0. The Balaban J connectivity index is 2.55. The molecule has 5 nitrogen and oxygen atoms in total. The lowest BCUT2D eigenvalue weighted by atomic mass is 10.3. The highest BCUT2D eigenvalue weighted by Gasteiger charge is 2.17. The van der Waals surface area contributed by atoms with Crippen LogP contribution < -0.4 is 16.0 Å². The summed E-state index contributed by atoms with van der Waals surface area (Å²) in [5.74, 6) is 1.35. The number of thiazole rings is 1. The number of unbranched alkanes of at least 4 members (excludes halogenated alkanes) is 1. The zero-order valence-electron chi connectivity index (χ0n) is 12.4. The second-order valence-electron chi connectivity index (χ2n) is 4.34.